The lowest BCUT2D eigenvalue weighted by Crippen LogP contribution is -2.43. The van der Waals surface area contributed by atoms with E-state index in [4.69, 9.17) is 4.74 Å². The van der Waals surface area contributed by atoms with Crippen LogP contribution in [0.15, 0.2) is 48.5 Å². The number of nitrogens with zero attached hydrogens (tertiary/aromatic N) is 1. The molecule has 2 aromatic carbocycles. The van der Waals surface area contributed by atoms with Crippen LogP contribution in [0.4, 0.5) is 15.8 Å². The number of halogens is 2. The highest BCUT2D eigenvalue weighted by molar-refractivity contribution is 7.93. The molecule has 1 N–H and O–H groups in total. The van der Waals surface area contributed by atoms with Gasteiger partial charge in [0.1, 0.15) is 11.6 Å². The molecular weight excluding hydrogens is 367 g/mol. The van der Waals surface area contributed by atoms with Gasteiger partial charge in [0.2, 0.25) is 5.44 Å². The number of benzene rings is 2. The second-order valence-corrected chi connectivity index (χ2v) is 7.47. The highest BCUT2D eigenvalue weighted by Crippen LogP contribution is 2.42. The third-order valence-electron chi connectivity index (χ3n) is 3.84. The Bertz CT molecular complexity index is 832. The number of anilines is 2. The second kappa shape index (κ2) is 8.03. The van der Waals surface area contributed by atoms with E-state index in [1.165, 1.54) is 22.5 Å². The van der Waals surface area contributed by atoms with Crippen molar-refractivity contribution in [2.75, 3.05) is 17.9 Å². The summed E-state index contributed by atoms with van der Waals surface area (Å²) in [5.74, 6) is -0.00977. The Morgan fingerprint density at radius 3 is 2.68 bits per heavy atom. The van der Waals surface area contributed by atoms with Crippen LogP contribution in [0.25, 0.3) is 0 Å². The predicted molar refractivity (Wildman–Crippen MR) is 98.7 cm³/mol. The van der Waals surface area contributed by atoms with E-state index in [2.05, 4.69) is 5.32 Å². The molecule has 136 valence electrons. The first-order valence-corrected chi connectivity index (χ1v) is 9.24. The fourth-order valence-corrected chi connectivity index (χ4v) is 4.48. The molecule has 0 saturated carbocycles. The minimum Gasteiger partial charge on any atom is -0.470 e. The number of fused-ring (bicyclic) bond motifs is 1. The molecule has 0 saturated heterocycles. The molecule has 1 aliphatic rings. The summed E-state index contributed by atoms with van der Waals surface area (Å²) in [6.07, 6.45) is 1.00. The van der Waals surface area contributed by atoms with Gasteiger partial charge in [-0.15, -0.1) is 12.4 Å². The van der Waals surface area contributed by atoms with Crippen LogP contribution < -0.4 is 14.4 Å². The molecule has 3 rings (SSSR count). The van der Waals surface area contributed by atoms with Crippen LogP contribution in [0.3, 0.4) is 0 Å². The molecule has 1 heterocycles. The van der Waals surface area contributed by atoms with E-state index in [1.807, 2.05) is 7.05 Å². The predicted octanol–water partition coefficient (Wildman–Crippen LogP) is 3.43. The molecule has 0 fully saturated rings. The maximum Gasteiger partial charge on any atom is 0.277 e. The Balaban J connectivity index is 0.00000225. The van der Waals surface area contributed by atoms with Gasteiger partial charge in [-0.05, 0) is 50.3 Å². The minimum atomic E-state index is -3.81. The van der Waals surface area contributed by atoms with Gasteiger partial charge in [-0.1, -0.05) is 18.2 Å². The van der Waals surface area contributed by atoms with Crippen LogP contribution in [0, 0.1) is 5.82 Å². The van der Waals surface area contributed by atoms with Crippen molar-refractivity contribution in [2.24, 2.45) is 0 Å². The van der Waals surface area contributed by atoms with Crippen molar-refractivity contribution in [1.82, 2.24) is 5.32 Å². The third kappa shape index (κ3) is 3.89. The van der Waals surface area contributed by atoms with E-state index in [9.17, 15) is 12.8 Å². The summed E-state index contributed by atoms with van der Waals surface area (Å²) >= 11 is 0. The van der Waals surface area contributed by atoms with Gasteiger partial charge in [-0.2, -0.15) is 0 Å². The first-order chi connectivity index (χ1) is 11.5. The van der Waals surface area contributed by atoms with Crippen molar-refractivity contribution < 1.29 is 17.5 Å². The van der Waals surface area contributed by atoms with Crippen LogP contribution >= 0.6 is 12.4 Å². The lowest BCUT2D eigenvalue weighted by atomic mass is 10.2. The molecule has 0 aromatic heterocycles. The van der Waals surface area contributed by atoms with E-state index < -0.39 is 21.3 Å². The summed E-state index contributed by atoms with van der Waals surface area (Å²) in [6.45, 7) is 0.691. The highest BCUT2D eigenvalue weighted by Gasteiger charge is 2.40. The quantitative estimate of drug-likeness (QED) is 0.800. The monoisotopic (exact) mass is 386 g/mol. The van der Waals surface area contributed by atoms with Gasteiger partial charge in [0, 0.05) is 6.42 Å². The summed E-state index contributed by atoms with van der Waals surface area (Å²) in [4.78, 5) is 0. The van der Waals surface area contributed by atoms with Crippen molar-refractivity contribution in [3.8, 4) is 5.75 Å². The zero-order chi connectivity index (χ0) is 17.2. The number of hydrogen-bond acceptors (Lipinski definition) is 4. The SMILES string of the molecule is CNCCCC1Oc2ccccc2N(c2cccc(F)c2)S1(=O)=O.Cl. The first-order valence-electron chi connectivity index (χ1n) is 7.74. The van der Waals surface area contributed by atoms with Gasteiger partial charge in [-0.3, -0.25) is 0 Å². The summed E-state index contributed by atoms with van der Waals surface area (Å²) in [7, 11) is -2.00. The fourth-order valence-electron chi connectivity index (χ4n) is 2.72. The Labute approximate surface area is 153 Å². The van der Waals surface area contributed by atoms with E-state index in [0.717, 1.165) is 0 Å². The van der Waals surface area contributed by atoms with Crippen LogP contribution in [0.2, 0.25) is 0 Å². The molecule has 2 aromatic rings. The third-order valence-corrected chi connectivity index (χ3v) is 5.75. The topological polar surface area (TPSA) is 58.6 Å². The molecule has 0 amide bonds. The van der Waals surface area contributed by atoms with Crippen molar-refractivity contribution in [3.05, 3.63) is 54.3 Å². The van der Waals surface area contributed by atoms with E-state index >= 15 is 0 Å². The molecule has 5 nitrogen and oxygen atoms in total. The molecule has 0 spiro atoms. The maximum atomic E-state index is 13.6. The smallest absolute Gasteiger partial charge is 0.277 e. The molecule has 0 bridgehead atoms. The van der Waals surface area contributed by atoms with Crippen LogP contribution in [-0.2, 0) is 10.0 Å². The Hall–Kier alpha value is -1.83. The fraction of sp³-hybridized carbons (Fsp3) is 0.294. The van der Waals surface area contributed by atoms with Gasteiger partial charge in [-0.25, -0.2) is 17.1 Å². The largest absolute Gasteiger partial charge is 0.470 e. The number of ether oxygens (including phenoxy) is 1. The summed E-state index contributed by atoms with van der Waals surface area (Å²) in [6, 6.07) is 12.5. The zero-order valence-corrected chi connectivity index (χ0v) is 15.3. The number of rotatable bonds is 5. The number of hydrogen-bond donors (Lipinski definition) is 1. The van der Waals surface area contributed by atoms with Gasteiger partial charge >= 0.3 is 0 Å². The summed E-state index contributed by atoms with van der Waals surface area (Å²) < 4.78 is 46.6. The number of para-hydroxylation sites is 2. The Morgan fingerprint density at radius 1 is 1.20 bits per heavy atom. The number of nitrogens with one attached hydrogen (secondary N) is 1. The van der Waals surface area contributed by atoms with Gasteiger partial charge < -0.3 is 10.1 Å². The Morgan fingerprint density at radius 2 is 1.96 bits per heavy atom. The van der Waals surface area contributed by atoms with Crippen LogP contribution in [-0.4, -0.2) is 27.4 Å². The van der Waals surface area contributed by atoms with Gasteiger partial charge in [0.15, 0.2) is 0 Å². The molecular formula is C17H20ClFN2O3S. The molecule has 8 heteroatoms. The highest BCUT2D eigenvalue weighted by atomic mass is 35.5. The van der Waals surface area contributed by atoms with Crippen molar-refractivity contribution in [3.63, 3.8) is 0 Å². The lowest BCUT2D eigenvalue weighted by molar-refractivity contribution is 0.254. The van der Waals surface area contributed by atoms with Gasteiger partial charge in [0.05, 0.1) is 11.4 Å². The number of sulfonamides is 1. The van der Waals surface area contributed by atoms with Crippen molar-refractivity contribution in [1.29, 1.82) is 0 Å². The second-order valence-electron chi connectivity index (χ2n) is 5.55. The molecule has 0 aliphatic carbocycles. The average Bonchev–Trinajstić information content (AvgIpc) is 2.55. The van der Waals surface area contributed by atoms with E-state index in [0.29, 0.717) is 30.8 Å². The average molecular weight is 387 g/mol. The Kier molecular flexibility index (Phi) is 6.26. The van der Waals surface area contributed by atoms with E-state index in [1.54, 1.807) is 30.3 Å². The standard InChI is InChI=1S/C17H19FN2O3S.ClH/c1-19-11-5-10-17-23-16-9-3-2-8-15(16)20(24(17,21)22)14-7-4-6-13(18)12-14;/h2-4,6-9,12,17,19H,5,10-11H2,1H3;1H. The lowest BCUT2D eigenvalue weighted by Gasteiger charge is -2.35. The van der Waals surface area contributed by atoms with Crippen molar-refractivity contribution in [2.45, 2.75) is 18.3 Å². The molecule has 1 atom stereocenters. The first kappa shape index (κ1) is 19.5. The summed E-state index contributed by atoms with van der Waals surface area (Å²) in [5, 5.41) is 2.99. The normalized spacial score (nSPS) is 18.0. The van der Waals surface area contributed by atoms with Crippen LogP contribution in [0.1, 0.15) is 12.8 Å². The van der Waals surface area contributed by atoms with Crippen molar-refractivity contribution >= 4 is 33.8 Å². The van der Waals surface area contributed by atoms with Crippen LogP contribution in [0.5, 0.6) is 5.75 Å². The zero-order valence-electron chi connectivity index (χ0n) is 13.7. The minimum absolute atomic E-state index is 0. The molecule has 1 aliphatic heterocycles. The molecule has 25 heavy (non-hydrogen) atoms. The van der Waals surface area contributed by atoms with E-state index in [-0.39, 0.29) is 18.1 Å². The molecule has 0 radical (unpaired) electrons. The molecule has 1 unspecified atom stereocenters. The maximum absolute atomic E-state index is 13.6. The van der Waals surface area contributed by atoms with Gasteiger partial charge in [0.25, 0.3) is 10.0 Å². The summed E-state index contributed by atoms with van der Waals surface area (Å²) in [5.41, 5.74) is -0.332.